The van der Waals surface area contributed by atoms with Crippen LogP contribution in [-0.2, 0) is 17.8 Å². The number of fused-ring (bicyclic) bond motifs is 1. The molecular weight excluding hydrogens is 214 g/mol. The number of thiophene rings is 1. The van der Waals surface area contributed by atoms with E-state index in [0.717, 1.165) is 16.9 Å². The minimum absolute atomic E-state index is 0.0158. The molecule has 0 saturated heterocycles. The molecule has 0 bridgehead atoms. The molecule has 0 aliphatic heterocycles. The second kappa shape index (κ2) is 3.27. The van der Waals surface area contributed by atoms with Crippen molar-refractivity contribution in [3.63, 3.8) is 0 Å². The van der Waals surface area contributed by atoms with Crippen molar-refractivity contribution >= 4 is 11.3 Å². The van der Waals surface area contributed by atoms with Crippen LogP contribution in [0, 0.1) is 0 Å². The first kappa shape index (κ1) is 11.1. The molecule has 3 heteroatoms. The van der Waals surface area contributed by atoms with E-state index in [9.17, 15) is 8.78 Å². The van der Waals surface area contributed by atoms with E-state index in [1.54, 1.807) is 0 Å². The highest BCUT2D eigenvalue weighted by Crippen LogP contribution is 2.46. The second-order valence-corrected chi connectivity index (χ2v) is 6.33. The first-order chi connectivity index (χ1) is 6.81. The molecule has 84 valence electrons. The molecule has 2 rings (SSSR count). The molecule has 0 saturated carbocycles. The summed E-state index contributed by atoms with van der Waals surface area (Å²) in [6.07, 6.45) is 1.45. The maximum atomic E-state index is 13.6. The first-order valence-electron chi connectivity index (χ1n) is 5.32. The summed E-state index contributed by atoms with van der Waals surface area (Å²) in [4.78, 5) is 1.40. The van der Waals surface area contributed by atoms with E-state index in [1.165, 1.54) is 11.3 Å². The van der Waals surface area contributed by atoms with Crippen LogP contribution < -0.4 is 0 Å². The quantitative estimate of drug-likeness (QED) is 0.616. The van der Waals surface area contributed by atoms with E-state index in [0.29, 0.717) is 11.3 Å². The van der Waals surface area contributed by atoms with Gasteiger partial charge in [0, 0.05) is 11.3 Å². The van der Waals surface area contributed by atoms with Gasteiger partial charge in [-0.25, -0.2) is 8.78 Å². The van der Waals surface area contributed by atoms with Crippen LogP contribution in [0.15, 0.2) is 6.07 Å². The molecule has 0 fully saturated rings. The van der Waals surface area contributed by atoms with Crippen LogP contribution in [-0.4, -0.2) is 0 Å². The highest BCUT2D eigenvalue weighted by Gasteiger charge is 2.39. The van der Waals surface area contributed by atoms with Gasteiger partial charge in [0.15, 0.2) is 0 Å². The summed E-state index contributed by atoms with van der Waals surface area (Å²) in [5, 5.41) is 0. The maximum absolute atomic E-state index is 13.6. The van der Waals surface area contributed by atoms with Crippen LogP contribution in [0.5, 0.6) is 0 Å². The molecule has 1 aromatic heterocycles. The average molecular weight is 230 g/mol. The van der Waals surface area contributed by atoms with Gasteiger partial charge in [-0.05, 0) is 29.9 Å². The molecule has 0 unspecified atom stereocenters. The van der Waals surface area contributed by atoms with Gasteiger partial charge in [-0.2, -0.15) is 0 Å². The molecule has 0 spiro atoms. The number of rotatable bonds is 0. The Morgan fingerprint density at radius 2 is 2.00 bits per heavy atom. The van der Waals surface area contributed by atoms with Crippen LogP contribution >= 0.6 is 11.3 Å². The molecule has 1 aromatic rings. The number of hydrogen-bond donors (Lipinski definition) is 0. The van der Waals surface area contributed by atoms with E-state index in [4.69, 9.17) is 0 Å². The normalized spacial score (nSPS) is 20.1. The van der Waals surface area contributed by atoms with Gasteiger partial charge in [0.1, 0.15) is 0 Å². The molecule has 1 aliphatic carbocycles. The largest absolute Gasteiger partial charge is 0.282 e. The third-order valence-corrected chi connectivity index (χ3v) is 4.53. The SMILES string of the molecule is CC(C)(C)c1cc2c(s1)C(F)(F)CCC2. The number of hydrogen-bond acceptors (Lipinski definition) is 1. The van der Waals surface area contributed by atoms with Gasteiger partial charge < -0.3 is 0 Å². The van der Waals surface area contributed by atoms with Gasteiger partial charge >= 0.3 is 0 Å². The maximum Gasteiger partial charge on any atom is 0.282 e. The Labute approximate surface area is 93.3 Å². The first-order valence-corrected chi connectivity index (χ1v) is 6.14. The lowest BCUT2D eigenvalue weighted by Gasteiger charge is -2.21. The Morgan fingerprint density at radius 1 is 1.33 bits per heavy atom. The average Bonchev–Trinajstić information content (AvgIpc) is 2.47. The van der Waals surface area contributed by atoms with Crippen molar-refractivity contribution in [1.82, 2.24) is 0 Å². The van der Waals surface area contributed by atoms with Gasteiger partial charge in [-0.1, -0.05) is 20.8 Å². The molecule has 0 amide bonds. The van der Waals surface area contributed by atoms with Crippen LogP contribution in [0.1, 0.15) is 48.9 Å². The molecule has 1 aliphatic rings. The lowest BCUT2D eigenvalue weighted by Crippen LogP contribution is -2.18. The van der Waals surface area contributed by atoms with Gasteiger partial charge in [0.2, 0.25) is 0 Å². The lowest BCUT2D eigenvalue weighted by molar-refractivity contribution is -0.0175. The summed E-state index contributed by atoms with van der Waals surface area (Å²) in [5.41, 5.74) is 0.860. The third-order valence-electron chi connectivity index (χ3n) is 2.82. The van der Waals surface area contributed by atoms with Gasteiger partial charge in [-0.15, -0.1) is 11.3 Å². The van der Waals surface area contributed by atoms with Crippen molar-refractivity contribution < 1.29 is 8.78 Å². The lowest BCUT2D eigenvalue weighted by atomic mass is 9.91. The van der Waals surface area contributed by atoms with Crippen molar-refractivity contribution in [3.8, 4) is 0 Å². The predicted octanol–water partition coefficient (Wildman–Crippen LogP) is 4.47. The van der Waals surface area contributed by atoms with E-state index < -0.39 is 5.92 Å². The van der Waals surface area contributed by atoms with Gasteiger partial charge in [0.25, 0.3) is 5.92 Å². The molecule has 0 atom stereocenters. The van der Waals surface area contributed by atoms with Crippen molar-refractivity contribution in [2.24, 2.45) is 0 Å². The van der Waals surface area contributed by atoms with Crippen molar-refractivity contribution in [1.29, 1.82) is 0 Å². The summed E-state index contributed by atoms with van der Waals surface area (Å²) in [7, 11) is 0. The number of halogens is 2. The Bertz CT molecular complexity index is 371. The fourth-order valence-corrected chi connectivity index (χ4v) is 3.18. The Balaban J connectivity index is 2.47. The van der Waals surface area contributed by atoms with Crippen molar-refractivity contribution in [2.75, 3.05) is 0 Å². The molecule has 1 heterocycles. The fourth-order valence-electron chi connectivity index (χ4n) is 1.91. The van der Waals surface area contributed by atoms with Gasteiger partial charge in [0.05, 0.1) is 4.88 Å². The molecule has 15 heavy (non-hydrogen) atoms. The third kappa shape index (κ3) is 1.94. The monoisotopic (exact) mass is 230 g/mol. The van der Waals surface area contributed by atoms with Crippen LogP contribution in [0.3, 0.4) is 0 Å². The van der Waals surface area contributed by atoms with E-state index in [2.05, 4.69) is 20.8 Å². The molecule has 0 N–H and O–H groups in total. The van der Waals surface area contributed by atoms with Crippen LogP contribution in [0.25, 0.3) is 0 Å². The van der Waals surface area contributed by atoms with Gasteiger partial charge in [-0.3, -0.25) is 0 Å². The highest BCUT2D eigenvalue weighted by molar-refractivity contribution is 7.12. The predicted molar refractivity (Wildman–Crippen MR) is 59.9 cm³/mol. The minimum Gasteiger partial charge on any atom is -0.200 e. The zero-order valence-electron chi connectivity index (χ0n) is 9.36. The Morgan fingerprint density at radius 3 is 2.53 bits per heavy atom. The Hall–Kier alpha value is -0.440. The van der Waals surface area contributed by atoms with Crippen LogP contribution in [0.4, 0.5) is 8.78 Å². The van der Waals surface area contributed by atoms with E-state index >= 15 is 0 Å². The molecule has 0 aromatic carbocycles. The highest BCUT2D eigenvalue weighted by atomic mass is 32.1. The van der Waals surface area contributed by atoms with Crippen molar-refractivity contribution in [3.05, 3.63) is 21.4 Å². The fraction of sp³-hybridized carbons (Fsp3) is 0.667. The summed E-state index contributed by atoms with van der Waals surface area (Å²) < 4.78 is 27.2. The van der Waals surface area contributed by atoms with Crippen LogP contribution in [0.2, 0.25) is 0 Å². The summed E-state index contributed by atoms with van der Waals surface area (Å²) in [5.74, 6) is -2.58. The van der Waals surface area contributed by atoms with E-state index in [-0.39, 0.29) is 11.8 Å². The van der Waals surface area contributed by atoms with Crippen molar-refractivity contribution in [2.45, 2.75) is 51.4 Å². The summed E-state index contributed by atoms with van der Waals surface area (Å²) in [6.45, 7) is 6.22. The topological polar surface area (TPSA) is 0 Å². The number of alkyl halides is 2. The summed E-state index contributed by atoms with van der Waals surface area (Å²) >= 11 is 1.30. The minimum atomic E-state index is -2.58. The zero-order chi connectivity index (χ0) is 11.3. The molecule has 0 nitrogen and oxygen atoms in total. The van der Waals surface area contributed by atoms with E-state index in [1.807, 2.05) is 6.07 Å². The number of aryl methyl sites for hydroxylation is 1. The standard InChI is InChI=1S/C12H16F2S/c1-11(2,3)9-7-8-5-4-6-12(13,14)10(8)15-9/h7H,4-6H2,1-3H3. The molecule has 0 radical (unpaired) electrons. The zero-order valence-corrected chi connectivity index (χ0v) is 10.2. The second-order valence-electron chi connectivity index (χ2n) is 5.27. The smallest absolute Gasteiger partial charge is 0.200 e. The Kier molecular flexibility index (Phi) is 2.41. The molecular formula is C12H16F2S. The summed E-state index contributed by atoms with van der Waals surface area (Å²) in [6, 6.07) is 1.98.